The van der Waals surface area contributed by atoms with E-state index in [0.29, 0.717) is 42.9 Å². The Hall–Kier alpha value is -3.02. The average molecular weight is 631 g/mol. The Bertz CT molecular complexity index is 1250. The van der Waals surface area contributed by atoms with Gasteiger partial charge in [0.25, 0.3) is 5.91 Å². The van der Waals surface area contributed by atoms with E-state index in [0.717, 1.165) is 22.4 Å². The van der Waals surface area contributed by atoms with Gasteiger partial charge in [-0.05, 0) is 46.0 Å². The van der Waals surface area contributed by atoms with Crippen LogP contribution in [0.25, 0.3) is 0 Å². The van der Waals surface area contributed by atoms with Gasteiger partial charge in [-0.15, -0.1) is 0 Å². The van der Waals surface area contributed by atoms with Gasteiger partial charge < -0.3 is 28.5 Å². The second kappa shape index (κ2) is 15.3. The molecule has 0 aliphatic carbocycles. The van der Waals surface area contributed by atoms with E-state index in [1.54, 1.807) is 6.07 Å². The lowest BCUT2D eigenvalue weighted by Crippen LogP contribution is -2.44. The molecule has 4 atom stereocenters. The third-order valence-electron chi connectivity index (χ3n) is 6.93. The van der Waals surface area contributed by atoms with E-state index in [-0.39, 0.29) is 18.5 Å². The van der Waals surface area contributed by atoms with Gasteiger partial charge in [0.15, 0.2) is 6.10 Å². The van der Waals surface area contributed by atoms with E-state index in [9.17, 15) is 14.7 Å². The number of cyclic esters (lactones) is 1. The fourth-order valence-electron chi connectivity index (χ4n) is 4.60. The van der Waals surface area contributed by atoms with Crippen molar-refractivity contribution in [1.29, 1.82) is 0 Å². The minimum Gasteiger partial charge on any atom is -0.462 e. The molecule has 0 bridgehead atoms. The van der Waals surface area contributed by atoms with Gasteiger partial charge in [0.2, 0.25) is 0 Å². The standard InChI is InChI=1S/C31H36BrNO8/c1-3-23(39-18-21-11-6-4-7-12-21)19-38-16-10-15-26-24(32)17-27(41-26)28(34)29(37-2)30(35)33-25(20-40-31(33)36)22-13-8-5-9-14-22/h4-9,11-14,17,23,25,28-29,34H,3,10,15-16,18-20H2,1-2H3/t23-,25-,28-,29+/m1/s1. The lowest BCUT2D eigenvalue weighted by Gasteiger charge is -2.26. The summed E-state index contributed by atoms with van der Waals surface area (Å²) in [5.74, 6) is 0.0519. The topological polar surface area (TPSA) is 108 Å². The highest BCUT2D eigenvalue weighted by atomic mass is 79.9. The van der Waals surface area contributed by atoms with Crippen molar-refractivity contribution in [3.8, 4) is 0 Å². The van der Waals surface area contributed by atoms with Gasteiger partial charge in [-0.25, -0.2) is 9.69 Å². The molecule has 3 aromatic rings. The Labute approximate surface area is 248 Å². The van der Waals surface area contributed by atoms with Crippen LogP contribution in [-0.2, 0) is 36.8 Å². The zero-order chi connectivity index (χ0) is 29.2. The van der Waals surface area contributed by atoms with Gasteiger partial charge in [0.05, 0.1) is 23.8 Å². The van der Waals surface area contributed by atoms with Crippen LogP contribution in [0.2, 0.25) is 0 Å². The molecular weight excluding hydrogens is 594 g/mol. The van der Waals surface area contributed by atoms with Crippen molar-refractivity contribution in [2.24, 2.45) is 0 Å². The molecule has 41 heavy (non-hydrogen) atoms. The number of rotatable bonds is 15. The third-order valence-corrected chi connectivity index (χ3v) is 7.60. The van der Waals surface area contributed by atoms with Crippen molar-refractivity contribution >= 4 is 27.9 Å². The minimum atomic E-state index is -1.44. The summed E-state index contributed by atoms with van der Waals surface area (Å²) in [5, 5.41) is 11.0. The van der Waals surface area contributed by atoms with E-state index >= 15 is 0 Å². The van der Waals surface area contributed by atoms with Gasteiger partial charge in [-0.2, -0.15) is 0 Å². The highest BCUT2D eigenvalue weighted by Gasteiger charge is 2.44. The summed E-state index contributed by atoms with van der Waals surface area (Å²) < 4.78 is 28.9. The molecule has 1 saturated heterocycles. The maximum atomic E-state index is 13.4. The molecule has 1 fully saturated rings. The molecule has 1 aliphatic heterocycles. The van der Waals surface area contributed by atoms with Gasteiger partial charge in [-0.1, -0.05) is 67.6 Å². The Morgan fingerprint density at radius 1 is 1.15 bits per heavy atom. The number of carbonyl (C=O) groups is 2. The van der Waals surface area contributed by atoms with Gasteiger partial charge in [0.1, 0.15) is 30.3 Å². The van der Waals surface area contributed by atoms with Crippen LogP contribution < -0.4 is 0 Å². The molecular formula is C31H36BrNO8. The monoisotopic (exact) mass is 629 g/mol. The third kappa shape index (κ3) is 8.05. The Morgan fingerprint density at radius 2 is 1.85 bits per heavy atom. The van der Waals surface area contributed by atoms with Crippen molar-refractivity contribution in [3.05, 3.63) is 93.9 Å². The first-order chi connectivity index (χ1) is 19.9. The van der Waals surface area contributed by atoms with Crippen LogP contribution in [0.1, 0.15) is 54.6 Å². The number of aliphatic hydroxyl groups excluding tert-OH is 1. The number of hydrogen-bond acceptors (Lipinski definition) is 8. The summed E-state index contributed by atoms with van der Waals surface area (Å²) in [7, 11) is 1.30. The van der Waals surface area contributed by atoms with E-state index in [2.05, 4.69) is 22.9 Å². The van der Waals surface area contributed by atoms with Crippen LogP contribution in [-0.4, -0.2) is 61.1 Å². The van der Waals surface area contributed by atoms with Crippen molar-refractivity contribution in [2.75, 3.05) is 26.9 Å². The lowest BCUT2D eigenvalue weighted by molar-refractivity contribution is -0.148. The van der Waals surface area contributed by atoms with Crippen molar-refractivity contribution < 1.29 is 38.1 Å². The number of imide groups is 1. The fourth-order valence-corrected chi connectivity index (χ4v) is 5.11. The minimum absolute atomic E-state index is 0.00481. The molecule has 2 aromatic carbocycles. The molecule has 0 spiro atoms. The molecule has 1 aliphatic rings. The molecule has 0 radical (unpaired) electrons. The highest BCUT2D eigenvalue weighted by molar-refractivity contribution is 9.10. The molecule has 2 heterocycles. The summed E-state index contributed by atoms with van der Waals surface area (Å²) >= 11 is 3.48. The average Bonchev–Trinajstić information content (AvgIpc) is 3.57. The molecule has 9 nitrogen and oxygen atoms in total. The number of ether oxygens (including phenoxy) is 4. The summed E-state index contributed by atoms with van der Waals surface area (Å²) in [5.41, 5.74) is 1.87. The largest absolute Gasteiger partial charge is 0.462 e. The molecule has 0 unspecified atom stereocenters. The molecule has 2 amide bonds. The second-order valence-corrected chi connectivity index (χ2v) is 10.6. The second-order valence-electron chi connectivity index (χ2n) is 9.74. The van der Waals surface area contributed by atoms with E-state index < -0.39 is 30.3 Å². The predicted octanol–water partition coefficient (Wildman–Crippen LogP) is 5.76. The number of aliphatic hydroxyl groups is 1. The number of amides is 2. The molecule has 1 N–H and O–H groups in total. The van der Waals surface area contributed by atoms with Crippen LogP contribution >= 0.6 is 15.9 Å². The molecule has 4 rings (SSSR count). The van der Waals surface area contributed by atoms with Crippen molar-refractivity contribution in [2.45, 2.75) is 57.1 Å². The van der Waals surface area contributed by atoms with E-state index in [1.807, 2.05) is 60.7 Å². The smallest absolute Gasteiger partial charge is 0.417 e. The van der Waals surface area contributed by atoms with E-state index in [4.69, 9.17) is 23.4 Å². The first-order valence-electron chi connectivity index (χ1n) is 13.7. The van der Waals surface area contributed by atoms with Crippen molar-refractivity contribution in [1.82, 2.24) is 4.90 Å². The van der Waals surface area contributed by atoms with Crippen LogP contribution in [0.4, 0.5) is 4.79 Å². The molecule has 0 saturated carbocycles. The summed E-state index contributed by atoms with van der Waals surface area (Å²) in [6, 6.07) is 20.1. The number of methoxy groups -OCH3 is 1. The maximum Gasteiger partial charge on any atom is 0.417 e. The Balaban J connectivity index is 1.29. The Morgan fingerprint density at radius 3 is 2.54 bits per heavy atom. The SMILES string of the molecule is CC[C@H](COCCCc1oc([C@@H](O)[C@H](OC)C(=O)N2C(=O)OC[C@@H]2c2ccccc2)cc1Br)OCc1ccccc1. The fraction of sp³-hybridized carbons (Fsp3) is 0.419. The van der Waals surface area contributed by atoms with Gasteiger partial charge in [0, 0.05) is 20.1 Å². The summed E-state index contributed by atoms with van der Waals surface area (Å²) in [4.78, 5) is 26.9. The van der Waals surface area contributed by atoms with Gasteiger partial charge in [-0.3, -0.25) is 4.79 Å². The van der Waals surface area contributed by atoms with Crippen LogP contribution in [0, 0.1) is 0 Å². The quantitative estimate of drug-likeness (QED) is 0.212. The zero-order valence-electron chi connectivity index (χ0n) is 23.2. The molecule has 1 aromatic heterocycles. The number of benzene rings is 2. The van der Waals surface area contributed by atoms with Gasteiger partial charge >= 0.3 is 6.09 Å². The van der Waals surface area contributed by atoms with Crippen LogP contribution in [0.15, 0.2) is 75.6 Å². The maximum absolute atomic E-state index is 13.4. The summed E-state index contributed by atoms with van der Waals surface area (Å²) in [6.45, 7) is 3.64. The van der Waals surface area contributed by atoms with E-state index in [1.165, 1.54) is 7.11 Å². The normalized spacial score (nSPS) is 17.3. The van der Waals surface area contributed by atoms with Crippen LogP contribution in [0.3, 0.4) is 0 Å². The predicted molar refractivity (Wildman–Crippen MR) is 154 cm³/mol. The van der Waals surface area contributed by atoms with Crippen LogP contribution in [0.5, 0.6) is 0 Å². The first kappa shape index (κ1) is 30.9. The number of carbonyl (C=O) groups excluding carboxylic acids is 2. The lowest BCUT2D eigenvalue weighted by atomic mass is 10.0. The number of halogens is 1. The molecule has 220 valence electrons. The zero-order valence-corrected chi connectivity index (χ0v) is 24.8. The van der Waals surface area contributed by atoms with Crippen molar-refractivity contribution in [3.63, 3.8) is 0 Å². The Kier molecular flexibility index (Phi) is 11.5. The number of furan rings is 1. The highest BCUT2D eigenvalue weighted by Crippen LogP contribution is 2.33. The number of aryl methyl sites for hydroxylation is 1. The molecule has 10 heteroatoms. The number of hydrogen-bond donors (Lipinski definition) is 1. The first-order valence-corrected chi connectivity index (χ1v) is 14.5. The number of nitrogens with zero attached hydrogens (tertiary/aromatic N) is 1. The summed E-state index contributed by atoms with van der Waals surface area (Å²) in [6.07, 6.45) is -1.51.